The van der Waals surface area contributed by atoms with E-state index in [1.54, 1.807) is 12.3 Å². The molecule has 118 valence electrons. The minimum Gasteiger partial charge on any atom is -0.384 e. The van der Waals surface area contributed by atoms with E-state index in [-0.39, 0.29) is 10.9 Å². The normalized spacial score (nSPS) is 23.0. The summed E-state index contributed by atoms with van der Waals surface area (Å²) in [4.78, 5) is 4.19. The van der Waals surface area contributed by atoms with E-state index in [2.05, 4.69) is 21.9 Å². The number of pyridine rings is 1. The van der Waals surface area contributed by atoms with Crippen LogP contribution in [0.2, 0.25) is 0 Å². The third kappa shape index (κ3) is 4.17. The summed E-state index contributed by atoms with van der Waals surface area (Å²) in [6.45, 7) is 4.82. The minimum absolute atomic E-state index is 0.0486. The van der Waals surface area contributed by atoms with Crippen molar-refractivity contribution in [2.24, 2.45) is 5.92 Å². The van der Waals surface area contributed by atoms with Gasteiger partial charge in [-0.1, -0.05) is 13.3 Å². The molecular weight excluding hydrogens is 286 g/mol. The Kier molecular flexibility index (Phi) is 5.58. The lowest BCUT2D eigenvalue weighted by Gasteiger charge is -2.28. The molecule has 0 unspecified atom stereocenters. The number of aromatic nitrogens is 1. The number of rotatable bonds is 6. The Bertz CT molecular complexity index is 552. The molecule has 1 aromatic rings. The molecule has 2 rings (SSSR count). The molecule has 1 heterocycles. The Balaban J connectivity index is 2.09. The van der Waals surface area contributed by atoms with Crippen LogP contribution in [0.25, 0.3) is 0 Å². The van der Waals surface area contributed by atoms with Crippen molar-refractivity contribution in [3.8, 4) is 0 Å². The fourth-order valence-electron chi connectivity index (χ4n) is 2.90. The maximum absolute atomic E-state index is 12.6. The molecule has 0 saturated heterocycles. The largest absolute Gasteiger partial charge is 0.384 e. The molecule has 6 heteroatoms. The van der Waals surface area contributed by atoms with Gasteiger partial charge in [0.25, 0.3) is 0 Å². The molecule has 1 saturated carbocycles. The van der Waals surface area contributed by atoms with E-state index >= 15 is 0 Å². The molecule has 1 aromatic heterocycles. The van der Waals surface area contributed by atoms with E-state index in [4.69, 9.17) is 0 Å². The number of hydrogen-bond acceptors (Lipinski definition) is 4. The Morgan fingerprint density at radius 1 is 1.24 bits per heavy atom. The molecule has 21 heavy (non-hydrogen) atoms. The first kappa shape index (κ1) is 16.2. The minimum atomic E-state index is -3.51. The Morgan fingerprint density at radius 2 is 1.95 bits per heavy atom. The topological polar surface area (TPSA) is 71.1 Å². The van der Waals surface area contributed by atoms with Crippen LogP contribution in [0.1, 0.15) is 46.0 Å². The van der Waals surface area contributed by atoms with Gasteiger partial charge in [-0.15, -0.1) is 0 Å². The fourth-order valence-corrected chi connectivity index (χ4v) is 4.33. The quantitative estimate of drug-likeness (QED) is 0.847. The van der Waals surface area contributed by atoms with Crippen molar-refractivity contribution in [2.75, 3.05) is 11.9 Å². The Labute approximate surface area is 127 Å². The highest BCUT2D eigenvalue weighted by Crippen LogP contribution is 2.28. The standard InChI is InChI=1S/C15H25N3O2S/c1-3-12-5-7-13(8-6-12)18-21(19,20)15-11-16-10-9-14(15)17-4-2/h9-13,18H,3-8H2,1-2H3,(H,16,17). The summed E-state index contributed by atoms with van der Waals surface area (Å²) in [7, 11) is -3.51. The third-order valence-electron chi connectivity index (χ3n) is 4.19. The summed E-state index contributed by atoms with van der Waals surface area (Å²) in [5, 5.41) is 3.08. The van der Waals surface area contributed by atoms with Crippen LogP contribution in [-0.2, 0) is 10.0 Å². The monoisotopic (exact) mass is 311 g/mol. The second-order valence-corrected chi connectivity index (χ2v) is 7.33. The van der Waals surface area contributed by atoms with Crippen molar-refractivity contribution in [1.29, 1.82) is 0 Å². The molecule has 1 aliphatic carbocycles. The van der Waals surface area contributed by atoms with Gasteiger partial charge in [-0.25, -0.2) is 13.1 Å². The molecule has 5 nitrogen and oxygen atoms in total. The van der Waals surface area contributed by atoms with Gasteiger partial charge in [-0.3, -0.25) is 4.98 Å². The van der Waals surface area contributed by atoms with Gasteiger partial charge in [-0.2, -0.15) is 0 Å². The number of sulfonamides is 1. The molecule has 0 amide bonds. The SMILES string of the molecule is CCNc1ccncc1S(=O)(=O)NC1CCC(CC)CC1. The summed E-state index contributed by atoms with van der Waals surface area (Å²) < 4.78 is 28.0. The maximum Gasteiger partial charge on any atom is 0.244 e. The van der Waals surface area contributed by atoms with Crippen LogP contribution in [0.4, 0.5) is 5.69 Å². The van der Waals surface area contributed by atoms with Crippen molar-refractivity contribution < 1.29 is 8.42 Å². The summed E-state index contributed by atoms with van der Waals surface area (Å²) in [5.41, 5.74) is 0.613. The van der Waals surface area contributed by atoms with Crippen LogP contribution >= 0.6 is 0 Å². The van der Waals surface area contributed by atoms with E-state index in [0.29, 0.717) is 12.2 Å². The van der Waals surface area contributed by atoms with Crippen LogP contribution in [-0.4, -0.2) is 26.0 Å². The zero-order chi connectivity index (χ0) is 15.3. The van der Waals surface area contributed by atoms with E-state index in [9.17, 15) is 8.42 Å². The van der Waals surface area contributed by atoms with Crippen molar-refractivity contribution in [2.45, 2.75) is 56.9 Å². The molecule has 0 spiro atoms. The van der Waals surface area contributed by atoms with Gasteiger partial charge in [0.15, 0.2) is 0 Å². The van der Waals surface area contributed by atoms with Crippen molar-refractivity contribution in [1.82, 2.24) is 9.71 Å². The van der Waals surface area contributed by atoms with Crippen LogP contribution in [0, 0.1) is 5.92 Å². The van der Waals surface area contributed by atoms with Crippen LogP contribution < -0.4 is 10.0 Å². The first-order valence-corrected chi connectivity index (χ1v) is 9.25. The molecule has 0 radical (unpaired) electrons. The lowest BCUT2D eigenvalue weighted by Crippen LogP contribution is -2.37. The lowest BCUT2D eigenvalue weighted by molar-refractivity contribution is 0.306. The van der Waals surface area contributed by atoms with Crippen molar-refractivity contribution >= 4 is 15.7 Å². The van der Waals surface area contributed by atoms with Gasteiger partial charge < -0.3 is 5.32 Å². The van der Waals surface area contributed by atoms with Gasteiger partial charge in [0.05, 0.1) is 5.69 Å². The van der Waals surface area contributed by atoms with Gasteiger partial charge >= 0.3 is 0 Å². The molecule has 0 aromatic carbocycles. The van der Waals surface area contributed by atoms with E-state index < -0.39 is 10.0 Å². The summed E-state index contributed by atoms with van der Waals surface area (Å²) in [6, 6.07) is 1.75. The lowest BCUT2D eigenvalue weighted by atomic mass is 9.85. The second kappa shape index (κ2) is 7.22. The highest BCUT2D eigenvalue weighted by Gasteiger charge is 2.26. The van der Waals surface area contributed by atoms with E-state index in [1.165, 1.54) is 12.6 Å². The first-order chi connectivity index (χ1) is 10.1. The zero-order valence-corrected chi connectivity index (χ0v) is 13.6. The van der Waals surface area contributed by atoms with Crippen molar-refractivity contribution in [3.05, 3.63) is 18.5 Å². The van der Waals surface area contributed by atoms with Gasteiger partial charge in [-0.05, 0) is 44.6 Å². The van der Waals surface area contributed by atoms with Crippen molar-refractivity contribution in [3.63, 3.8) is 0 Å². The number of nitrogens with one attached hydrogen (secondary N) is 2. The van der Waals surface area contributed by atoms with E-state index in [0.717, 1.165) is 31.6 Å². The number of anilines is 1. The predicted molar refractivity (Wildman–Crippen MR) is 84.8 cm³/mol. The average Bonchev–Trinajstić information content (AvgIpc) is 2.48. The van der Waals surface area contributed by atoms with Crippen LogP contribution in [0.5, 0.6) is 0 Å². The highest BCUT2D eigenvalue weighted by molar-refractivity contribution is 7.89. The van der Waals surface area contributed by atoms with E-state index in [1.807, 2.05) is 6.92 Å². The molecular formula is C15H25N3O2S. The molecule has 1 fully saturated rings. The molecule has 2 N–H and O–H groups in total. The first-order valence-electron chi connectivity index (χ1n) is 7.77. The molecule has 1 aliphatic rings. The predicted octanol–water partition coefficient (Wildman–Crippen LogP) is 2.76. The Hall–Kier alpha value is -1.14. The highest BCUT2D eigenvalue weighted by atomic mass is 32.2. The molecule has 0 atom stereocenters. The maximum atomic E-state index is 12.6. The van der Waals surface area contributed by atoms with Gasteiger partial charge in [0.1, 0.15) is 4.90 Å². The second-order valence-electron chi connectivity index (χ2n) is 5.65. The smallest absolute Gasteiger partial charge is 0.244 e. The number of nitrogens with zero attached hydrogens (tertiary/aromatic N) is 1. The zero-order valence-electron chi connectivity index (χ0n) is 12.8. The van der Waals surface area contributed by atoms with Crippen LogP contribution in [0.15, 0.2) is 23.4 Å². The summed E-state index contributed by atoms with van der Waals surface area (Å²) >= 11 is 0. The summed E-state index contributed by atoms with van der Waals surface area (Å²) in [6.07, 6.45) is 8.27. The van der Waals surface area contributed by atoms with Gasteiger partial charge in [0, 0.05) is 25.0 Å². The van der Waals surface area contributed by atoms with Crippen LogP contribution in [0.3, 0.4) is 0 Å². The van der Waals surface area contributed by atoms with Gasteiger partial charge in [0.2, 0.25) is 10.0 Å². The molecule has 0 bridgehead atoms. The average molecular weight is 311 g/mol. The molecule has 0 aliphatic heterocycles. The fraction of sp³-hybridized carbons (Fsp3) is 0.667. The number of hydrogen-bond donors (Lipinski definition) is 2. The Morgan fingerprint density at radius 3 is 2.57 bits per heavy atom. The summed E-state index contributed by atoms with van der Waals surface area (Å²) in [5.74, 6) is 0.751. The third-order valence-corrected chi connectivity index (χ3v) is 5.74.